The maximum Gasteiger partial charge on any atom is 0.416 e. The molecule has 0 aliphatic carbocycles. The second-order valence-electron chi connectivity index (χ2n) is 8.80. The van der Waals surface area contributed by atoms with Crippen molar-refractivity contribution in [3.05, 3.63) is 77.1 Å². The fourth-order valence-corrected chi connectivity index (χ4v) is 4.06. The van der Waals surface area contributed by atoms with Gasteiger partial charge < -0.3 is 14.2 Å². The van der Waals surface area contributed by atoms with Gasteiger partial charge in [-0.15, -0.1) is 0 Å². The van der Waals surface area contributed by atoms with Crippen molar-refractivity contribution in [3.8, 4) is 0 Å². The normalized spacial score (nSPS) is 14.4. The Morgan fingerprint density at radius 2 is 1.92 bits per heavy atom. The molecule has 1 aliphatic heterocycles. The zero-order valence-electron chi connectivity index (χ0n) is 20.4. The lowest BCUT2D eigenvalue weighted by atomic mass is 10.1. The number of halogens is 3. The lowest BCUT2D eigenvalue weighted by molar-refractivity contribution is -0.137. The van der Waals surface area contributed by atoms with Gasteiger partial charge >= 0.3 is 6.18 Å². The van der Waals surface area contributed by atoms with Gasteiger partial charge in [0.1, 0.15) is 0 Å². The molecule has 9 nitrogen and oxygen atoms in total. The van der Waals surface area contributed by atoms with Crippen LogP contribution in [-0.2, 0) is 17.5 Å². The van der Waals surface area contributed by atoms with E-state index in [-0.39, 0.29) is 12.1 Å². The number of ketones is 1. The summed E-state index contributed by atoms with van der Waals surface area (Å²) in [5, 5.41) is 4.31. The molecule has 4 aromatic rings. The lowest BCUT2D eigenvalue weighted by Gasteiger charge is -2.27. The minimum Gasteiger partial charge on any atom is -0.378 e. The summed E-state index contributed by atoms with van der Waals surface area (Å²) in [4.78, 5) is 28.5. The molecule has 0 atom stereocenters. The first-order chi connectivity index (χ1) is 18.3. The SMILES string of the molecule is Cc1cccc(C=NNc2nc(N3CCOCC3)nc3c2ncn3CC(=O)c2cccc(C(F)(F)F)c2)c1. The van der Waals surface area contributed by atoms with E-state index in [1.54, 1.807) is 6.21 Å². The van der Waals surface area contributed by atoms with Gasteiger partial charge in [-0.3, -0.25) is 10.2 Å². The summed E-state index contributed by atoms with van der Waals surface area (Å²) in [5.41, 5.74) is 4.72. The first-order valence-electron chi connectivity index (χ1n) is 11.9. The van der Waals surface area contributed by atoms with Gasteiger partial charge in [0.25, 0.3) is 0 Å². The number of hydrazone groups is 1. The molecule has 0 amide bonds. The standard InChI is InChI=1S/C26H24F3N7O2/c1-17-4-2-5-18(12-17)14-31-34-23-22-24(33-25(32-23)35-8-10-38-11-9-35)36(16-30-22)15-21(37)19-6-3-7-20(13-19)26(27,28)29/h2-7,12-14,16H,8-11,15H2,1H3,(H,32,33,34). The first-order valence-corrected chi connectivity index (χ1v) is 11.9. The van der Waals surface area contributed by atoms with Crippen LogP contribution in [0.15, 0.2) is 60.0 Å². The molecule has 3 heterocycles. The number of alkyl halides is 3. The molecule has 1 N–H and O–H groups in total. The van der Waals surface area contributed by atoms with Gasteiger partial charge in [-0.05, 0) is 24.6 Å². The smallest absolute Gasteiger partial charge is 0.378 e. The van der Waals surface area contributed by atoms with Gasteiger partial charge in [-0.1, -0.05) is 42.0 Å². The van der Waals surface area contributed by atoms with Crippen molar-refractivity contribution in [1.82, 2.24) is 19.5 Å². The molecule has 0 saturated carbocycles. The van der Waals surface area contributed by atoms with Crippen molar-refractivity contribution in [2.45, 2.75) is 19.6 Å². The van der Waals surface area contributed by atoms with E-state index in [4.69, 9.17) is 4.74 Å². The Balaban J connectivity index is 1.47. The van der Waals surface area contributed by atoms with E-state index in [2.05, 4.69) is 25.5 Å². The number of aromatic nitrogens is 4. The quantitative estimate of drug-likeness (QED) is 0.219. The first kappa shape index (κ1) is 25.3. The summed E-state index contributed by atoms with van der Waals surface area (Å²) in [5.74, 6) is 0.238. The van der Waals surface area contributed by atoms with Crippen LogP contribution < -0.4 is 10.3 Å². The summed E-state index contributed by atoms with van der Waals surface area (Å²) in [7, 11) is 0. The molecule has 0 unspecified atom stereocenters. The Bertz CT molecular complexity index is 1490. The zero-order valence-corrected chi connectivity index (χ0v) is 20.4. The van der Waals surface area contributed by atoms with E-state index in [9.17, 15) is 18.0 Å². The third kappa shape index (κ3) is 5.65. The van der Waals surface area contributed by atoms with E-state index >= 15 is 0 Å². The molecule has 2 aromatic carbocycles. The Labute approximate surface area is 216 Å². The molecule has 1 fully saturated rings. The van der Waals surface area contributed by atoms with E-state index in [1.807, 2.05) is 36.1 Å². The summed E-state index contributed by atoms with van der Waals surface area (Å²) >= 11 is 0. The topological polar surface area (TPSA) is 97.5 Å². The Morgan fingerprint density at radius 3 is 2.68 bits per heavy atom. The monoisotopic (exact) mass is 523 g/mol. The summed E-state index contributed by atoms with van der Waals surface area (Å²) in [6.07, 6.45) is -1.47. The Hall–Kier alpha value is -4.32. The average molecular weight is 524 g/mol. The number of hydrogen-bond acceptors (Lipinski definition) is 8. The van der Waals surface area contributed by atoms with Crippen LogP contribution in [0.1, 0.15) is 27.0 Å². The van der Waals surface area contributed by atoms with E-state index in [0.29, 0.717) is 49.2 Å². The van der Waals surface area contributed by atoms with E-state index < -0.39 is 17.5 Å². The average Bonchev–Trinajstić information content (AvgIpc) is 3.31. The number of aryl methyl sites for hydroxylation is 1. The Kier molecular flexibility index (Phi) is 7.05. The summed E-state index contributed by atoms with van der Waals surface area (Å²) < 4.78 is 46.3. The van der Waals surface area contributed by atoms with Crippen LogP contribution in [0.2, 0.25) is 0 Å². The molecule has 2 aromatic heterocycles. The molecule has 38 heavy (non-hydrogen) atoms. The van der Waals surface area contributed by atoms with Crippen molar-refractivity contribution in [3.63, 3.8) is 0 Å². The molecule has 12 heteroatoms. The molecular formula is C26H24F3N7O2. The van der Waals surface area contributed by atoms with Gasteiger partial charge in [0, 0.05) is 18.7 Å². The maximum absolute atomic E-state index is 13.1. The third-order valence-corrected chi connectivity index (χ3v) is 6.00. The van der Waals surface area contributed by atoms with Crippen molar-refractivity contribution >= 4 is 34.9 Å². The van der Waals surface area contributed by atoms with Crippen LogP contribution in [0.3, 0.4) is 0 Å². The Morgan fingerprint density at radius 1 is 1.13 bits per heavy atom. The van der Waals surface area contributed by atoms with Crippen LogP contribution in [0.4, 0.5) is 24.9 Å². The van der Waals surface area contributed by atoms with Crippen LogP contribution in [0.5, 0.6) is 0 Å². The molecule has 1 saturated heterocycles. The minimum atomic E-state index is -4.54. The highest BCUT2D eigenvalue weighted by molar-refractivity contribution is 5.97. The van der Waals surface area contributed by atoms with Gasteiger partial charge in [0.05, 0.1) is 37.9 Å². The number of hydrogen-bond donors (Lipinski definition) is 1. The number of anilines is 2. The molecule has 0 bridgehead atoms. The summed E-state index contributed by atoms with van der Waals surface area (Å²) in [6.45, 7) is 3.93. The van der Waals surface area contributed by atoms with Crippen LogP contribution in [0.25, 0.3) is 11.2 Å². The van der Waals surface area contributed by atoms with Gasteiger partial charge in [0.15, 0.2) is 22.8 Å². The maximum atomic E-state index is 13.1. The van der Waals surface area contributed by atoms with Gasteiger partial charge in [0.2, 0.25) is 5.95 Å². The highest BCUT2D eigenvalue weighted by Crippen LogP contribution is 2.30. The minimum absolute atomic E-state index is 0.0507. The van der Waals surface area contributed by atoms with Gasteiger partial charge in [-0.2, -0.15) is 28.2 Å². The second-order valence-corrected chi connectivity index (χ2v) is 8.80. The van der Waals surface area contributed by atoms with Gasteiger partial charge in [-0.25, -0.2) is 4.98 Å². The van der Waals surface area contributed by atoms with E-state index in [0.717, 1.165) is 23.3 Å². The molecule has 196 valence electrons. The van der Waals surface area contributed by atoms with Crippen molar-refractivity contribution in [2.75, 3.05) is 36.6 Å². The number of morpholine rings is 1. The van der Waals surface area contributed by atoms with Crippen molar-refractivity contribution in [1.29, 1.82) is 0 Å². The van der Waals surface area contributed by atoms with Crippen LogP contribution in [-0.4, -0.2) is 57.8 Å². The third-order valence-electron chi connectivity index (χ3n) is 6.00. The molecule has 5 rings (SSSR count). The molecule has 0 radical (unpaired) electrons. The number of ether oxygens (including phenoxy) is 1. The fraction of sp³-hybridized carbons (Fsp3) is 0.269. The number of carbonyl (C=O) groups is 1. The number of fused-ring (bicyclic) bond motifs is 1. The van der Waals surface area contributed by atoms with Crippen molar-refractivity contribution in [2.24, 2.45) is 5.10 Å². The fourth-order valence-electron chi connectivity index (χ4n) is 4.06. The van der Waals surface area contributed by atoms with E-state index in [1.165, 1.54) is 23.0 Å². The predicted molar refractivity (Wildman–Crippen MR) is 137 cm³/mol. The highest BCUT2D eigenvalue weighted by Gasteiger charge is 2.31. The highest BCUT2D eigenvalue weighted by atomic mass is 19.4. The molecular weight excluding hydrogens is 499 g/mol. The number of Topliss-reactive ketones (excluding diaryl/α,β-unsaturated/α-hetero) is 1. The number of carbonyl (C=O) groups excluding carboxylic acids is 1. The molecule has 1 aliphatic rings. The van der Waals surface area contributed by atoms with Crippen LogP contribution >= 0.6 is 0 Å². The largest absolute Gasteiger partial charge is 0.416 e. The number of benzene rings is 2. The predicted octanol–water partition coefficient (Wildman–Crippen LogP) is 4.32. The van der Waals surface area contributed by atoms with Crippen molar-refractivity contribution < 1.29 is 22.7 Å². The molecule has 0 spiro atoms. The number of rotatable bonds is 7. The van der Waals surface area contributed by atoms with Crippen LogP contribution in [0, 0.1) is 6.92 Å². The zero-order chi connectivity index (χ0) is 26.7. The number of nitrogens with one attached hydrogen (secondary N) is 1. The number of imidazole rings is 1. The summed E-state index contributed by atoms with van der Waals surface area (Å²) in [6, 6.07) is 12.2. The second kappa shape index (κ2) is 10.6. The number of nitrogens with zero attached hydrogens (tertiary/aromatic N) is 6. The lowest BCUT2D eigenvalue weighted by Crippen LogP contribution is -2.37.